The van der Waals surface area contributed by atoms with Gasteiger partial charge in [-0.2, -0.15) is 0 Å². The summed E-state index contributed by atoms with van der Waals surface area (Å²) in [6, 6.07) is 0. The number of amides is 1. The molecule has 1 aliphatic heterocycles. The Balaban J connectivity index is 2.49. The summed E-state index contributed by atoms with van der Waals surface area (Å²) in [5.41, 5.74) is 6.10. The minimum atomic E-state index is -0.278. The molecule has 1 fully saturated rings. The van der Waals surface area contributed by atoms with E-state index >= 15 is 0 Å². The van der Waals surface area contributed by atoms with Crippen LogP contribution in [0.4, 0.5) is 0 Å². The first-order valence-corrected chi connectivity index (χ1v) is 3.83. The maximum atomic E-state index is 10.5. The van der Waals surface area contributed by atoms with E-state index in [1.165, 1.54) is 0 Å². The number of primary amides is 1. The van der Waals surface area contributed by atoms with E-state index in [2.05, 4.69) is 13.5 Å². The SMILES string of the molecule is C=C1C(C)CCN1CC(N)=O. The van der Waals surface area contributed by atoms with Crippen LogP contribution in [0.1, 0.15) is 13.3 Å². The third-order valence-corrected chi connectivity index (χ3v) is 2.15. The Morgan fingerprint density at radius 1 is 1.91 bits per heavy atom. The van der Waals surface area contributed by atoms with Gasteiger partial charge in [-0.1, -0.05) is 13.5 Å². The van der Waals surface area contributed by atoms with Gasteiger partial charge in [-0.15, -0.1) is 0 Å². The Morgan fingerprint density at radius 3 is 2.91 bits per heavy atom. The summed E-state index contributed by atoms with van der Waals surface area (Å²) in [6.45, 7) is 7.24. The van der Waals surface area contributed by atoms with Crippen molar-refractivity contribution in [3.8, 4) is 0 Å². The lowest BCUT2D eigenvalue weighted by Gasteiger charge is -2.17. The van der Waals surface area contributed by atoms with Gasteiger partial charge in [-0.3, -0.25) is 4.79 Å². The average molecular weight is 154 g/mol. The molecule has 0 aromatic heterocycles. The zero-order valence-corrected chi connectivity index (χ0v) is 6.84. The third kappa shape index (κ3) is 1.73. The number of likely N-dealkylation sites (tertiary alicyclic amines) is 1. The first-order valence-electron chi connectivity index (χ1n) is 3.83. The van der Waals surface area contributed by atoms with E-state index in [1.54, 1.807) is 0 Å². The third-order valence-electron chi connectivity index (χ3n) is 2.15. The number of carbonyl (C=O) groups excluding carboxylic acids is 1. The van der Waals surface area contributed by atoms with Crippen LogP contribution >= 0.6 is 0 Å². The normalized spacial score (nSPS) is 24.3. The molecular formula is C8H14N2O. The van der Waals surface area contributed by atoms with E-state index in [9.17, 15) is 4.79 Å². The Hall–Kier alpha value is -0.990. The van der Waals surface area contributed by atoms with Gasteiger partial charge < -0.3 is 10.6 Å². The molecule has 3 nitrogen and oxygen atoms in total. The maximum absolute atomic E-state index is 10.5. The van der Waals surface area contributed by atoms with E-state index in [-0.39, 0.29) is 5.91 Å². The number of hydrogen-bond acceptors (Lipinski definition) is 2. The second-order valence-corrected chi connectivity index (χ2v) is 3.07. The molecule has 1 aliphatic rings. The van der Waals surface area contributed by atoms with E-state index < -0.39 is 0 Å². The predicted molar refractivity (Wildman–Crippen MR) is 43.7 cm³/mol. The highest BCUT2D eigenvalue weighted by molar-refractivity contribution is 5.76. The van der Waals surface area contributed by atoms with E-state index in [1.807, 2.05) is 4.90 Å². The molecule has 0 aromatic carbocycles. The summed E-state index contributed by atoms with van der Waals surface area (Å²) in [4.78, 5) is 12.5. The highest BCUT2D eigenvalue weighted by Crippen LogP contribution is 2.24. The first-order chi connectivity index (χ1) is 5.11. The number of hydrogen-bond donors (Lipinski definition) is 1. The van der Waals surface area contributed by atoms with Crippen LogP contribution in [0, 0.1) is 5.92 Å². The van der Waals surface area contributed by atoms with Gasteiger partial charge in [-0.25, -0.2) is 0 Å². The molecule has 0 aliphatic carbocycles. The fraction of sp³-hybridized carbons (Fsp3) is 0.625. The van der Waals surface area contributed by atoms with Gasteiger partial charge >= 0.3 is 0 Å². The number of nitrogens with two attached hydrogens (primary N) is 1. The van der Waals surface area contributed by atoms with Gasteiger partial charge in [0, 0.05) is 12.2 Å². The van der Waals surface area contributed by atoms with Gasteiger partial charge in [0.15, 0.2) is 0 Å². The molecule has 11 heavy (non-hydrogen) atoms. The summed E-state index contributed by atoms with van der Waals surface area (Å²) in [5, 5.41) is 0. The van der Waals surface area contributed by atoms with Crippen molar-refractivity contribution in [2.45, 2.75) is 13.3 Å². The van der Waals surface area contributed by atoms with Gasteiger partial charge in [-0.05, 0) is 12.3 Å². The highest BCUT2D eigenvalue weighted by Gasteiger charge is 2.22. The lowest BCUT2D eigenvalue weighted by molar-refractivity contribution is -0.118. The van der Waals surface area contributed by atoms with Crippen molar-refractivity contribution in [1.29, 1.82) is 0 Å². The van der Waals surface area contributed by atoms with Crippen LogP contribution in [0.25, 0.3) is 0 Å². The largest absolute Gasteiger partial charge is 0.368 e. The molecule has 0 bridgehead atoms. The molecule has 1 atom stereocenters. The van der Waals surface area contributed by atoms with Gasteiger partial charge in [0.25, 0.3) is 0 Å². The fourth-order valence-electron chi connectivity index (χ4n) is 1.34. The molecule has 2 N–H and O–H groups in total. The smallest absolute Gasteiger partial charge is 0.236 e. The van der Waals surface area contributed by atoms with Gasteiger partial charge in [0.1, 0.15) is 0 Å². The minimum Gasteiger partial charge on any atom is -0.368 e. The zero-order valence-electron chi connectivity index (χ0n) is 6.84. The molecule has 1 rings (SSSR count). The lowest BCUT2D eigenvalue weighted by atomic mass is 10.1. The summed E-state index contributed by atoms with van der Waals surface area (Å²) >= 11 is 0. The molecular weight excluding hydrogens is 140 g/mol. The van der Waals surface area contributed by atoms with Crippen LogP contribution in [0.5, 0.6) is 0 Å². The summed E-state index contributed by atoms with van der Waals surface area (Å²) in [5.74, 6) is 0.231. The van der Waals surface area contributed by atoms with Crippen molar-refractivity contribution in [3.63, 3.8) is 0 Å². The quantitative estimate of drug-likeness (QED) is 0.623. The van der Waals surface area contributed by atoms with Crippen LogP contribution in [0.15, 0.2) is 12.3 Å². The van der Waals surface area contributed by atoms with E-state index in [0.29, 0.717) is 12.5 Å². The molecule has 0 aromatic rings. The van der Waals surface area contributed by atoms with Crippen LogP contribution < -0.4 is 5.73 Å². The molecule has 0 saturated carbocycles. The number of allylic oxidation sites excluding steroid dienone is 1. The average Bonchev–Trinajstić information content (AvgIpc) is 2.18. The summed E-state index contributed by atoms with van der Waals surface area (Å²) in [6.07, 6.45) is 1.09. The topological polar surface area (TPSA) is 46.3 Å². The van der Waals surface area contributed by atoms with E-state index in [4.69, 9.17) is 5.73 Å². The second-order valence-electron chi connectivity index (χ2n) is 3.07. The first kappa shape index (κ1) is 8.11. The highest BCUT2D eigenvalue weighted by atomic mass is 16.1. The summed E-state index contributed by atoms with van der Waals surface area (Å²) < 4.78 is 0. The van der Waals surface area contributed by atoms with Gasteiger partial charge in [0.2, 0.25) is 5.91 Å². The van der Waals surface area contributed by atoms with Crippen molar-refractivity contribution in [2.75, 3.05) is 13.1 Å². The maximum Gasteiger partial charge on any atom is 0.236 e. The molecule has 0 radical (unpaired) electrons. The predicted octanol–water partition coefficient (Wildman–Crippen LogP) is 0.327. The Morgan fingerprint density at radius 2 is 2.55 bits per heavy atom. The Kier molecular flexibility index (Phi) is 2.17. The van der Waals surface area contributed by atoms with Crippen molar-refractivity contribution in [3.05, 3.63) is 12.3 Å². The zero-order chi connectivity index (χ0) is 8.43. The summed E-state index contributed by atoms with van der Waals surface area (Å²) in [7, 11) is 0. The number of carbonyl (C=O) groups is 1. The molecule has 1 saturated heterocycles. The molecule has 62 valence electrons. The minimum absolute atomic E-state index is 0.278. The van der Waals surface area contributed by atoms with Gasteiger partial charge in [0.05, 0.1) is 6.54 Å². The van der Waals surface area contributed by atoms with Crippen LogP contribution in [-0.4, -0.2) is 23.9 Å². The Bertz CT molecular complexity index is 189. The number of rotatable bonds is 2. The Labute approximate surface area is 66.9 Å². The van der Waals surface area contributed by atoms with Crippen molar-refractivity contribution in [2.24, 2.45) is 11.7 Å². The van der Waals surface area contributed by atoms with Crippen LogP contribution in [-0.2, 0) is 4.79 Å². The lowest BCUT2D eigenvalue weighted by Crippen LogP contribution is -2.30. The molecule has 1 amide bonds. The number of nitrogens with zero attached hydrogens (tertiary/aromatic N) is 1. The fourth-order valence-corrected chi connectivity index (χ4v) is 1.34. The van der Waals surface area contributed by atoms with Crippen molar-refractivity contribution in [1.82, 2.24) is 4.90 Å². The van der Waals surface area contributed by atoms with Crippen molar-refractivity contribution < 1.29 is 4.79 Å². The molecule has 1 heterocycles. The molecule has 0 spiro atoms. The second kappa shape index (κ2) is 2.95. The molecule has 3 heteroatoms. The van der Waals surface area contributed by atoms with E-state index in [0.717, 1.165) is 18.7 Å². The monoisotopic (exact) mass is 154 g/mol. The van der Waals surface area contributed by atoms with Crippen molar-refractivity contribution >= 4 is 5.91 Å². The standard InChI is InChI=1S/C8H14N2O/c1-6-3-4-10(7(6)2)5-8(9)11/h6H,2-5H2,1H3,(H2,9,11). The van der Waals surface area contributed by atoms with Crippen LogP contribution in [0.3, 0.4) is 0 Å². The van der Waals surface area contributed by atoms with Crippen LogP contribution in [0.2, 0.25) is 0 Å². The molecule has 1 unspecified atom stereocenters.